The largest absolute Gasteiger partial charge is 0.475 e. The van der Waals surface area contributed by atoms with Gasteiger partial charge in [-0.1, -0.05) is 11.6 Å². The molecule has 0 bridgehead atoms. The molecule has 1 heterocycles. The van der Waals surface area contributed by atoms with Crippen LogP contribution in [0.5, 0.6) is 5.88 Å². The molecule has 0 amide bonds. The number of halogens is 2. The first-order chi connectivity index (χ1) is 7.33. The lowest BCUT2D eigenvalue weighted by molar-refractivity contribution is 0.110. The van der Waals surface area contributed by atoms with Crippen molar-refractivity contribution in [3.63, 3.8) is 0 Å². The summed E-state index contributed by atoms with van der Waals surface area (Å²) >= 11 is 9.17. The van der Waals surface area contributed by atoms with Crippen molar-refractivity contribution in [3.8, 4) is 5.88 Å². The van der Waals surface area contributed by atoms with E-state index in [4.69, 9.17) is 16.3 Å². The van der Waals surface area contributed by atoms with Crippen molar-refractivity contribution >= 4 is 27.5 Å². The summed E-state index contributed by atoms with van der Waals surface area (Å²) in [7, 11) is 4.04. The van der Waals surface area contributed by atoms with Gasteiger partial charge in [0, 0.05) is 11.7 Å². The molecule has 90 valence electrons. The van der Waals surface area contributed by atoms with Crippen molar-refractivity contribution in [1.82, 2.24) is 9.88 Å². The van der Waals surface area contributed by atoms with Gasteiger partial charge in [-0.15, -0.1) is 0 Å². The van der Waals surface area contributed by atoms with E-state index in [1.54, 1.807) is 12.3 Å². The van der Waals surface area contributed by atoms with Crippen LogP contribution in [0.2, 0.25) is 5.02 Å². The molecule has 16 heavy (non-hydrogen) atoms. The highest BCUT2D eigenvalue weighted by atomic mass is 79.9. The molecule has 0 aliphatic rings. The maximum atomic E-state index is 5.80. The molecule has 0 spiro atoms. The van der Waals surface area contributed by atoms with Crippen LogP contribution in [-0.2, 0) is 0 Å². The van der Waals surface area contributed by atoms with E-state index < -0.39 is 0 Å². The van der Waals surface area contributed by atoms with Crippen LogP contribution in [0.25, 0.3) is 0 Å². The number of nitrogens with zero attached hydrogens (tertiary/aromatic N) is 2. The highest BCUT2D eigenvalue weighted by Crippen LogP contribution is 2.26. The number of aromatic nitrogens is 1. The molecule has 0 saturated carbocycles. The number of hydrogen-bond donors (Lipinski definition) is 0. The standard InChI is InChI=1S/C11H16BrClN2O/c1-11(2,15(3)4)7-16-10-9(12)5-8(13)6-14-10/h5-6H,7H2,1-4H3. The summed E-state index contributed by atoms with van der Waals surface area (Å²) < 4.78 is 6.43. The molecule has 1 rings (SSSR count). The predicted molar refractivity (Wildman–Crippen MR) is 70.2 cm³/mol. The summed E-state index contributed by atoms with van der Waals surface area (Å²) in [6, 6.07) is 1.77. The Balaban J connectivity index is 2.68. The molecule has 0 fully saturated rings. The van der Waals surface area contributed by atoms with Crippen LogP contribution in [0, 0.1) is 0 Å². The molecule has 0 aromatic carbocycles. The van der Waals surface area contributed by atoms with E-state index in [1.807, 2.05) is 14.1 Å². The lowest BCUT2D eigenvalue weighted by atomic mass is 10.1. The Hall–Kier alpha value is -0.320. The molecular weight excluding hydrogens is 291 g/mol. The Morgan fingerprint density at radius 2 is 2.12 bits per heavy atom. The minimum absolute atomic E-state index is 0.0409. The van der Waals surface area contributed by atoms with E-state index in [-0.39, 0.29) is 5.54 Å². The third kappa shape index (κ3) is 3.61. The third-order valence-electron chi connectivity index (χ3n) is 2.55. The Morgan fingerprint density at radius 1 is 1.50 bits per heavy atom. The first-order valence-corrected chi connectivity index (χ1v) is 6.11. The quantitative estimate of drug-likeness (QED) is 0.854. The maximum Gasteiger partial charge on any atom is 0.228 e. The van der Waals surface area contributed by atoms with Crippen molar-refractivity contribution in [3.05, 3.63) is 21.8 Å². The van der Waals surface area contributed by atoms with Crippen LogP contribution in [0.1, 0.15) is 13.8 Å². The van der Waals surface area contributed by atoms with Gasteiger partial charge in [0.05, 0.1) is 9.50 Å². The minimum atomic E-state index is -0.0409. The van der Waals surface area contributed by atoms with Gasteiger partial charge in [-0.3, -0.25) is 0 Å². The monoisotopic (exact) mass is 306 g/mol. The number of hydrogen-bond acceptors (Lipinski definition) is 3. The van der Waals surface area contributed by atoms with E-state index in [2.05, 4.69) is 39.7 Å². The average Bonchev–Trinajstić information content (AvgIpc) is 2.16. The van der Waals surface area contributed by atoms with Gasteiger partial charge in [0.15, 0.2) is 0 Å². The zero-order valence-corrected chi connectivity index (χ0v) is 12.3. The Kier molecular flexibility index (Phi) is 4.59. The van der Waals surface area contributed by atoms with Gasteiger partial charge in [0.25, 0.3) is 0 Å². The molecule has 0 radical (unpaired) electrons. The summed E-state index contributed by atoms with van der Waals surface area (Å²) in [4.78, 5) is 6.23. The van der Waals surface area contributed by atoms with E-state index in [0.29, 0.717) is 17.5 Å². The number of likely N-dealkylation sites (N-methyl/N-ethyl adjacent to an activating group) is 1. The van der Waals surface area contributed by atoms with Crippen LogP contribution in [0.4, 0.5) is 0 Å². The fraction of sp³-hybridized carbons (Fsp3) is 0.545. The first kappa shape index (κ1) is 13.7. The van der Waals surface area contributed by atoms with Crippen LogP contribution in [0.15, 0.2) is 16.7 Å². The van der Waals surface area contributed by atoms with E-state index in [9.17, 15) is 0 Å². The normalized spacial score (nSPS) is 11.9. The maximum absolute atomic E-state index is 5.80. The Labute approximate surface area is 110 Å². The summed E-state index contributed by atoms with van der Waals surface area (Å²) in [5, 5.41) is 0.589. The van der Waals surface area contributed by atoms with Gasteiger partial charge in [0.1, 0.15) is 6.61 Å². The summed E-state index contributed by atoms with van der Waals surface area (Å²) in [5.74, 6) is 0.569. The summed E-state index contributed by atoms with van der Waals surface area (Å²) in [6.07, 6.45) is 1.57. The van der Waals surface area contributed by atoms with Crippen molar-refractivity contribution in [2.75, 3.05) is 20.7 Å². The van der Waals surface area contributed by atoms with E-state index in [0.717, 1.165) is 4.47 Å². The molecule has 0 N–H and O–H groups in total. The Bertz CT molecular complexity index is 369. The molecule has 3 nitrogen and oxygen atoms in total. The number of ether oxygens (including phenoxy) is 1. The van der Waals surface area contributed by atoms with Crippen LogP contribution >= 0.6 is 27.5 Å². The fourth-order valence-corrected chi connectivity index (χ4v) is 1.64. The highest BCUT2D eigenvalue weighted by Gasteiger charge is 2.22. The molecule has 0 atom stereocenters. The lowest BCUT2D eigenvalue weighted by Crippen LogP contribution is -2.43. The van der Waals surface area contributed by atoms with Crippen molar-refractivity contribution in [1.29, 1.82) is 0 Å². The summed E-state index contributed by atoms with van der Waals surface area (Å²) in [5.41, 5.74) is -0.0409. The van der Waals surface area contributed by atoms with Crippen LogP contribution < -0.4 is 4.74 Å². The molecule has 1 aromatic heterocycles. The summed E-state index contributed by atoms with van der Waals surface area (Å²) in [6.45, 7) is 4.78. The molecule has 0 aliphatic carbocycles. The van der Waals surface area contributed by atoms with E-state index >= 15 is 0 Å². The van der Waals surface area contributed by atoms with Crippen molar-refractivity contribution in [2.24, 2.45) is 0 Å². The van der Waals surface area contributed by atoms with Crippen LogP contribution in [0.3, 0.4) is 0 Å². The average molecular weight is 308 g/mol. The molecule has 0 saturated heterocycles. The Morgan fingerprint density at radius 3 is 2.62 bits per heavy atom. The molecular formula is C11H16BrClN2O. The molecule has 0 unspecified atom stereocenters. The zero-order chi connectivity index (χ0) is 12.3. The topological polar surface area (TPSA) is 25.4 Å². The predicted octanol–water partition coefficient (Wildman–Crippen LogP) is 3.22. The molecule has 1 aromatic rings. The zero-order valence-electron chi connectivity index (χ0n) is 9.92. The number of rotatable bonds is 4. The minimum Gasteiger partial charge on any atom is -0.475 e. The van der Waals surface area contributed by atoms with E-state index in [1.165, 1.54) is 0 Å². The van der Waals surface area contributed by atoms with Gasteiger partial charge in [-0.05, 0) is 49.9 Å². The second-order valence-corrected chi connectivity index (χ2v) is 5.73. The SMILES string of the molecule is CN(C)C(C)(C)COc1ncc(Cl)cc1Br. The smallest absolute Gasteiger partial charge is 0.228 e. The van der Waals surface area contributed by atoms with Gasteiger partial charge in [-0.25, -0.2) is 4.98 Å². The fourth-order valence-electron chi connectivity index (χ4n) is 0.882. The molecule has 0 aliphatic heterocycles. The second-order valence-electron chi connectivity index (χ2n) is 4.44. The van der Waals surface area contributed by atoms with Gasteiger partial charge >= 0.3 is 0 Å². The van der Waals surface area contributed by atoms with Gasteiger partial charge in [0.2, 0.25) is 5.88 Å². The van der Waals surface area contributed by atoms with Gasteiger partial charge < -0.3 is 9.64 Å². The van der Waals surface area contributed by atoms with Gasteiger partial charge in [-0.2, -0.15) is 0 Å². The number of pyridine rings is 1. The van der Waals surface area contributed by atoms with Crippen molar-refractivity contribution < 1.29 is 4.74 Å². The van der Waals surface area contributed by atoms with Crippen LogP contribution in [-0.4, -0.2) is 36.1 Å². The molecule has 5 heteroatoms. The first-order valence-electron chi connectivity index (χ1n) is 4.94. The lowest BCUT2D eigenvalue weighted by Gasteiger charge is -2.32. The third-order valence-corrected chi connectivity index (χ3v) is 3.32. The second kappa shape index (κ2) is 5.34. The van der Waals surface area contributed by atoms with Crippen molar-refractivity contribution in [2.45, 2.75) is 19.4 Å². The highest BCUT2D eigenvalue weighted by molar-refractivity contribution is 9.10.